The van der Waals surface area contributed by atoms with Crippen LogP contribution in [0, 0.1) is 0 Å². The van der Waals surface area contributed by atoms with Crippen molar-refractivity contribution in [3.63, 3.8) is 0 Å². The van der Waals surface area contributed by atoms with Crippen molar-refractivity contribution >= 4 is 11.0 Å². The van der Waals surface area contributed by atoms with E-state index < -0.39 is 0 Å². The second-order valence-electron chi connectivity index (χ2n) is 7.46. The molecule has 4 heteroatoms. The molecule has 0 aliphatic rings. The van der Waals surface area contributed by atoms with Crippen molar-refractivity contribution in [2.24, 2.45) is 0 Å². The monoisotopic (exact) mass is 412 g/mol. The van der Waals surface area contributed by atoms with Gasteiger partial charge in [0.2, 0.25) is 0 Å². The molecule has 1 heterocycles. The Bertz CT molecular complexity index is 1160. The van der Waals surface area contributed by atoms with E-state index in [1.165, 1.54) is 5.56 Å². The van der Waals surface area contributed by atoms with E-state index in [0.29, 0.717) is 6.61 Å². The van der Waals surface area contributed by atoms with Gasteiger partial charge in [-0.15, -0.1) is 6.58 Å². The fourth-order valence-corrected chi connectivity index (χ4v) is 3.81. The van der Waals surface area contributed by atoms with Gasteiger partial charge in [0, 0.05) is 12.1 Å². The highest BCUT2D eigenvalue weighted by atomic mass is 16.5. The van der Waals surface area contributed by atoms with Crippen LogP contribution in [0.5, 0.6) is 11.5 Å². The van der Waals surface area contributed by atoms with Crippen LogP contribution in [0.1, 0.15) is 18.4 Å². The fraction of sp³-hybridized carbons (Fsp3) is 0.222. The first-order chi connectivity index (χ1) is 15.3. The predicted molar refractivity (Wildman–Crippen MR) is 127 cm³/mol. The van der Waals surface area contributed by atoms with Gasteiger partial charge in [0.05, 0.1) is 24.8 Å². The van der Waals surface area contributed by atoms with Crippen molar-refractivity contribution in [2.75, 3.05) is 13.7 Å². The lowest BCUT2D eigenvalue weighted by Crippen LogP contribution is -2.05. The molecule has 0 saturated heterocycles. The Labute approximate surface area is 183 Å². The molecule has 0 saturated carbocycles. The molecule has 0 bridgehead atoms. The maximum Gasteiger partial charge on any atom is 0.141 e. The first kappa shape index (κ1) is 20.7. The highest BCUT2D eigenvalue weighted by Crippen LogP contribution is 2.28. The third kappa shape index (κ3) is 4.80. The Morgan fingerprint density at radius 3 is 2.68 bits per heavy atom. The van der Waals surface area contributed by atoms with Crippen LogP contribution in [0.2, 0.25) is 0 Å². The van der Waals surface area contributed by atoms with Gasteiger partial charge in [-0.1, -0.05) is 48.5 Å². The molecule has 1 aromatic heterocycles. The van der Waals surface area contributed by atoms with Gasteiger partial charge in [0.15, 0.2) is 0 Å². The summed E-state index contributed by atoms with van der Waals surface area (Å²) in [7, 11) is 1.69. The molecule has 0 unspecified atom stereocenters. The Kier molecular flexibility index (Phi) is 6.68. The van der Waals surface area contributed by atoms with Gasteiger partial charge in [0.1, 0.15) is 17.3 Å². The lowest BCUT2D eigenvalue weighted by Gasteiger charge is -2.12. The maximum atomic E-state index is 6.05. The summed E-state index contributed by atoms with van der Waals surface area (Å²) in [5.74, 6) is 2.76. The van der Waals surface area contributed by atoms with E-state index in [1.807, 2.05) is 48.5 Å². The van der Waals surface area contributed by atoms with Gasteiger partial charge in [-0.2, -0.15) is 0 Å². The molecular weight excluding hydrogens is 384 g/mol. The zero-order valence-corrected chi connectivity index (χ0v) is 18.0. The smallest absolute Gasteiger partial charge is 0.141 e. The van der Waals surface area contributed by atoms with E-state index in [0.717, 1.165) is 59.7 Å². The normalized spacial score (nSPS) is 10.9. The molecule has 3 aromatic carbocycles. The zero-order valence-electron chi connectivity index (χ0n) is 18.0. The molecule has 4 aromatic rings. The lowest BCUT2D eigenvalue weighted by atomic mass is 10.1. The predicted octanol–water partition coefficient (Wildman–Crippen LogP) is 6.30. The summed E-state index contributed by atoms with van der Waals surface area (Å²) < 4.78 is 13.8. The van der Waals surface area contributed by atoms with Crippen molar-refractivity contribution in [3.05, 3.63) is 91.0 Å². The molecule has 4 nitrogen and oxygen atoms in total. The number of ether oxygens (including phenoxy) is 2. The number of rotatable bonds is 10. The molecule has 0 radical (unpaired) electrons. The van der Waals surface area contributed by atoms with Gasteiger partial charge in [-0.3, -0.25) is 0 Å². The number of unbranched alkanes of at least 4 members (excludes halogenated alkanes) is 1. The molecule has 31 heavy (non-hydrogen) atoms. The van der Waals surface area contributed by atoms with Crippen LogP contribution in [0.25, 0.3) is 22.4 Å². The van der Waals surface area contributed by atoms with Gasteiger partial charge >= 0.3 is 0 Å². The van der Waals surface area contributed by atoms with Crippen LogP contribution >= 0.6 is 0 Å². The molecule has 0 atom stereocenters. The number of hydrogen-bond acceptors (Lipinski definition) is 3. The molecule has 158 valence electrons. The highest BCUT2D eigenvalue weighted by Gasteiger charge is 2.13. The van der Waals surface area contributed by atoms with Crippen LogP contribution in [0.4, 0.5) is 0 Å². The summed E-state index contributed by atoms with van der Waals surface area (Å²) in [5, 5.41) is 0. The first-order valence-corrected chi connectivity index (χ1v) is 10.7. The topological polar surface area (TPSA) is 36.3 Å². The Morgan fingerprint density at radius 1 is 0.968 bits per heavy atom. The summed E-state index contributed by atoms with van der Waals surface area (Å²) in [5.41, 5.74) is 4.40. The molecule has 0 spiro atoms. The van der Waals surface area contributed by atoms with E-state index in [-0.39, 0.29) is 0 Å². The van der Waals surface area contributed by atoms with Crippen LogP contribution in [-0.4, -0.2) is 23.3 Å². The highest BCUT2D eigenvalue weighted by molar-refractivity contribution is 5.80. The van der Waals surface area contributed by atoms with Crippen LogP contribution in [0.15, 0.2) is 85.5 Å². The average molecular weight is 413 g/mol. The SMILES string of the molecule is C=CCc1ccccc1OCCCCn1c(-c2cccc(OC)c2)nc2ccccc21. The molecule has 4 rings (SSSR count). The summed E-state index contributed by atoms with van der Waals surface area (Å²) in [4.78, 5) is 4.90. The Morgan fingerprint density at radius 2 is 1.81 bits per heavy atom. The van der Waals surface area contributed by atoms with Crippen molar-refractivity contribution in [1.82, 2.24) is 9.55 Å². The average Bonchev–Trinajstić information content (AvgIpc) is 3.19. The lowest BCUT2D eigenvalue weighted by molar-refractivity contribution is 0.301. The van der Waals surface area contributed by atoms with Gasteiger partial charge in [-0.25, -0.2) is 4.98 Å². The number of aryl methyl sites for hydroxylation is 1. The van der Waals surface area contributed by atoms with E-state index in [1.54, 1.807) is 7.11 Å². The van der Waals surface area contributed by atoms with E-state index in [9.17, 15) is 0 Å². The maximum absolute atomic E-state index is 6.05. The molecule has 0 aliphatic carbocycles. The number of hydrogen-bond donors (Lipinski definition) is 0. The van der Waals surface area contributed by atoms with E-state index in [2.05, 4.69) is 41.5 Å². The number of allylic oxidation sites excluding steroid dienone is 1. The molecule has 0 amide bonds. The van der Waals surface area contributed by atoms with Crippen LogP contribution in [-0.2, 0) is 13.0 Å². The first-order valence-electron chi connectivity index (χ1n) is 10.7. The number of fused-ring (bicyclic) bond motifs is 1. The minimum absolute atomic E-state index is 0.690. The van der Waals surface area contributed by atoms with Crippen LogP contribution < -0.4 is 9.47 Å². The molecule has 0 N–H and O–H groups in total. The Hall–Kier alpha value is -3.53. The third-order valence-electron chi connectivity index (χ3n) is 5.35. The summed E-state index contributed by atoms with van der Waals surface area (Å²) in [6.07, 6.45) is 4.70. The van der Waals surface area contributed by atoms with Gasteiger partial charge in [0.25, 0.3) is 0 Å². The summed E-state index contributed by atoms with van der Waals surface area (Å²) >= 11 is 0. The standard InChI is InChI=1S/C27H28N2O2/c1-3-11-21-12-4-7-17-26(21)31-19-9-8-18-29-25-16-6-5-15-24(25)28-27(29)22-13-10-14-23(20-22)30-2/h3-7,10,12-17,20H,1,8-9,11,18-19H2,2H3. The minimum Gasteiger partial charge on any atom is -0.497 e. The van der Waals surface area contributed by atoms with Crippen molar-refractivity contribution in [1.29, 1.82) is 0 Å². The molecular formula is C27H28N2O2. The van der Waals surface area contributed by atoms with Crippen LogP contribution in [0.3, 0.4) is 0 Å². The van der Waals surface area contributed by atoms with E-state index >= 15 is 0 Å². The van der Waals surface area contributed by atoms with Gasteiger partial charge < -0.3 is 14.0 Å². The molecule has 0 aliphatic heterocycles. The van der Waals surface area contributed by atoms with Crippen molar-refractivity contribution in [2.45, 2.75) is 25.8 Å². The quantitative estimate of drug-likeness (QED) is 0.226. The number of nitrogens with zero attached hydrogens (tertiary/aromatic N) is 2. The van der Waals surface area contributed by atoms with Gasteiger partial charge in [-0.05, 0) is 55.2 Å². The Balaban J connectivity index is 1.46. The minimum atomic E-state index is 0.690. The largest absolute Gasteiger partial charge is 0.497 e. The third-order valence-corrected chi connectivity index (χ3v) is 5.35. The number of para-hydroxylation sites is 3. The number of aromatic nitrogens is 2. The second-order valence-corrected chi connectivity index (χ2v) is 7.46. The summed E-state index contributed by atoms with van der Waals surface area (Å²) in [6, 6.07) is 24.6. The fourth-order valence-electron chi connectivity index (χ4n) is 3.81. The van der Waals surface area contributed by atoms with E-state index in [4.69, 9.17) is 14.5 Å². The number of imidazole rings is 1. The summed E-state index contributed by atoms with van der Waals surface area (Å²) in [6.45, 7) is 5.40. The zero-order chi connectivity index (χ0) is 21.5. The number of methoxy groups -OCH3 is 1. The van der Waals surface area contributed by atoms with Crippen molar-refractivity contribution in [3.8, 4) is 22.9 Å². The molecule has 0 fully saturated rings. The number of benzene rings is 3. The second kappa shape index (κ2) is 9.98. The van der Waals surface area contributed by atoms with Crippen molar-refractivity contribution < 1.29 is 9.47 Å².